The lowest BCUT2D eigenvalue weighted by Crippen LogP contribution is -2.42. The second-order valence-electron chi connectivity index (χ2n) is 5.46. The van der Waals surface area contributed by atoms with Crippen molar-refractivity contribution in [3.63, 3.8) is 0 Å². The smallest absolute Gasteiger partial charge is 0.223 e. The quantitative estimate of drug-likeness (QED) is 0.701. The third-order valence-corrected chi connectivity index (χ3v) is 3.32. The monoisotopic (exact) mass is 213 g/mol. The van der Waals surface area contributed by atoms with Crippen LogP contribution < -0.4 is 0 Å². The van der Waals surface area contributed by atoms with Gasteiger partial charge in [0.25, 0.3) is 0 Å². The zero-order valence-corrected chi connectivity index (χ0v) is 10.4. The predicted molar refractivity (Wildman–Crippen MR) is 60.6 cm³/mol. The van der Waals surface area contributed by atoms with Crippen LogP contribution in [0.25, 0.3) is 0 Å². The number of carbonyl (C=O) groups is 1. The first-order valence-corrected chi connectivity index (χ1v) is 5.77. The first-order valence-electron chi connectivity index (χ1n) is 5.77. The second kappa shape index (κ2) is 4.97. The minimum atomic E-state index is 0.210. The molecule has 0 bridgehead atoms. The van der Waals surface area contributed by atoms with Gasteiger partial charge in [0.05, 0.1) is 13.2 Å². The molecule has 1 saturated heterocycles. The summed E-state index contributed by atoms with van der Waals surface area (Å²) in [5, 5.41) is 0. The van der Waals surface area contributed by atoms with Crippen molar-refractivity contribution in [3.05, 3.63) is 0 Å². The summed E-state index contributed by atoms with van der Waals surface area (Å²) < 4.78 is 5.23. The van der Waals surface area contributed by atoms with Gasteiger partial charge in [-0.1, -0.05) is 27.7 Å². The van der Waals surface area contributed by atoms with Gasteiger partial charge in [-0.05, 0) is 11.3 Å². The topological polar surface area (TPSA) is 29.5 Å². The maximum absolute atomic E-state index is 11.9. The zero-order valence-electron chi connectivity index (χ0n) is 10.4. The average molecular weight is 213 g/mol. The van der Waals surface area contributed by atoms with E-state index in [0.717, 1.165) is 13.1 Å². The van der Waals surface area contributed by atoms with E-state index in [1.165, 1.54) is 0 Å². The molecule has 1 heterocycles. The third kappa shape index (κ3) is 3.82. The van der Waals surface area contributed by atoms with E-state index < -0.39 is 0 Å². The van der Waals surface area contributed by atoms with Crippen LogP contribution in [0, 0.1) is 11.3 Å². The normalized spacial score (nSPS) is 20.1. The molecule has 0 aromatic rings. The summed E-state index contributed by atoms with van der Waals surface area (Å²) in [4.78, 5) is 13.8. The van der Waals surface area contributed by atoms with Crippen molar-refractivity contribution in [1.29, 1.82) is 0 Å². The molecule has 1 aliphatic heterocycles. The summed E-state index contributed by atoms with van der Waals surface area (Å²) in [5.74, 6) is 0.702. The number of hydrogen-bond acceptors (Lipinski definition) is 2. The van der Waals surface area contributed by atoms with Crippen molar-refractivity contribution >= 4 is 5.91 Å². The van der Waals surface area contributed by atoms with Crippen molar-refractivity contribution in [2.75, 3.05) is 26.3 Å². The molecule has 1 atom stereocenters. The minimum absolute atomic E-state index is 0.210. The maximum atomic E-state index is 11.9. The van der Waals surface area contributed by atoms with Gasteiger partial charge in [0.2, 0.25) is 5.91 Å². The molecule has 1 aliphatic rings. The van der Waals surface area contributed by atoms with Crippen LogP contribution in [0.4, 0.5) is 0 Å². The molecule has 3 nitrogen and oxygen atoms in total. The number of ether oxygens (including phenoxy) is 1. The number of nitrogens with zero attached hydrogens (tertiary/aromatic N) is 1. The molecule has 3 heteroatoms. The Bertz CT molecular complexity index is 214. The van der Waals surface area contributed by atoms with E-state index in [4.69, 9.17) is 4.74 Å². The highest BCUT2D eigenvalue weighted by molar-refractivity contribution is 5.76. The predicted octanol–water partition coefficient (Wildman–Crippen LogP) is 1.92. The van der Waals surface area contributed by atoms with Crippen molar-refractivity contribution < 1.29 is 9.53 Å². The van der Waals surface area contributed by atoms with E-state index in [2.05, 4.69) is 27.7 Å². The molecule has 1 unspecified atom stereocenters. The Hall–Kier alpha value is -0.570. The van der Waals surface area contributed by atoms with Crippen molar-refractivity contribution in [2.45, 2.75) is 34.1 Å². The Morgan fingerprint density at radius 2 is 1.87 bits per heavy atom. The fourth-order valence-corrected chi connectivity index (χ4v) is 1.51. The molecule has 0 saturated carbocycles. The molecule has 0 spiro atoms. The van der Waals surface area contributed by atoms with E-state index in [9.17, 15) is 4.79 Å². The Labute approximate surface area is 92.8 Å². The molecule has 0 radical (unpaired) electrons. The molecule has 1 rings (SSSR count). The van der Waals surface area contributed by atoms with Gasteiger partial charge in [-0.15, -0.1) is 0 Å². The third-order valence-electron chi connectivity index (χ3n) is 3.32. The van der Waals surface area contributed by atoms with Crippen LogP contribution in [-0.2, 0) is 9.53 Å². The van der Waals surface area contributed by atoms with E-state index in [1.807, 2.05) is 4.90 Å². The Morgan fingerprint density at radius 3 is 2.33 bits per heavy atom. The fraction of sp³-hybridized carbons (Fsp3) is 0.917. The van der Waals surface area contributed by atoms with Crippen LogP contribution in [0.1, 0.15) is 34.1 Å². The van der Waals surface area contributed by atoms with Gasteiger partial charge in [-0.3, -0.25) is 4.79 Å². The zero-order chi connectivity index (χ0) is 11.5. The lowest BCUT2D eigenvalue weighted by Gasteiger charge is -2.31. The molecule has 15 heavy (non-hydrogen) atoms. The standard InChI is InChI=1S/C12H23NO2/c1-10(12(2,3)4)9-11(14)13-5-7-15-8-6-13/h10H,5-9H2,1-4H3. The summed E-state index contributed by atoms with van der Waals surface area (Å²) in [5.41, 5.74) is 0.210. The second-order valence-corrected chi connectivity index (χ2v) is 5.46. The Kier molecular flexibility index (Phi) is 4.14. The van der Waals surface area contributed by atoms with Crippen molar-refractivity contribution in [3.8, 4) is 0 Å². The van der Waals surface area contributed by atoms with Gasteiger partial charge < -0.3 is 9.64 Å². The number of carbonyl (C=O) groups excluding carboxylic acids is 1. The van der Waals surface area contributed by atoms with E-state index in [0.29, 0.717) is 25.6 Å². The Balaban J connectivity index is 2.40. The van der Waals surface area contributed by atoms with Gasteiger partial charge in [0.15, 0.2) is 0 Å². The van der Waals surface area contributed by atoms with Crippen LogP contribution >= 0.6 is 0 Å². The highest BCUT2D eigenvalue weighted by Gasteiger charge is 2.25. The van der Waals surface area contributed by atoms with E-state index in [-0.39, 0.29) is 11.3 Å². The highest BCUT2D eigenvalue weighted by atomic mass is 16.5. The Morgan fingerprint density at radius 1 is 1.33 bits per heavy atom. The van der Waals surface area contributed by atoms with Gasteiger partial charge in [0, 0.05) is 19.5 Å². The summed E-state index contributed by atoms with van der Waals surface area (Å²) >= 11 is 0. The van der Waals surface area contributed by atoms with Crippen LogP contribution in [-0.4, -0.2) is 37.1 Å². The van der Waals surface area contributed by atoms with Crippen molar-refractivity contribution in [2.24, 2.45) is 11.3 Å². The maximum Gasteiger partial charge on any atom is 0.223 e. The summed E-state index contributed by atoms with van der Waals surface area (Å²) in [7, 11) is 0. The van der Waals surface area contributed by atoms with Gasteiger partial charge >= 0.3 is 0 Å². The summed E-state index contributed by atoms with van der Waals surface area (Å²) in [6.07, 6.45) is 0.656. The highest BCUT2D eigenvalue weighted by Crippen LogP contribution is 2.28. The van der Waals surface area contributed by atoms with Gasteiger partial charge in [-0.25, -0.2) is 0 Å². The van der Waals surface area contributed by atoms with E-state index in [1.54, 1.807) is 0 Å². The molecular formula is C12H23NO2. The minimum Gasteiger partial charge on any atom is -0.378 e. The van der Waals surface area contributed by atoms with Crippen LogP contribution in [0.15, 0.2) is 0 Å². The lowest BCUT2D eigenvalue weighted by atomic mass is 9.80. The van der Waals surface area contributed by atoms with Gasteiger partial charge in [0.1, 0.15) is 0 Å². The molecule has 0 aromatic carbocycles. The van der Waals surface area contributed by atoms with E-state index >= 15 is 0 Å². The summed E-state index contributed by atoms with van der Waals surface area (Å²) in [6.45, 7) is 11.6. The first kappa shape index (κ1) is 12.5. The number of amides is 1. The van der Waals surface area contributed by atoms with Crippen LogP contribution in [0.2, 0.25) is 0 Å². The lowest BCUT2D eigenvalue weighted by molar-refractivity contribution is -0.137. The molecule has 0 aromatic heterocycles. The molecule has 88 valence electrons. The number of rotatable bonds is 2. The van der Waals surface area contributed by atoms with Crippen LogP contribution in [0.3, 0.4) is 0 Å². The van der Waals surface area contributed by atoms with Crippen LogP contribution in [0.5, 0.6) is 0 Å². The first-order chi connectivity index (χ1) is 6.91. The molecular weight excluding hydrogens is 190 g/mol. The molecule has 1 amide bonds. The molecule has 0 aliphatic carbocycles. The average Bonchev–Trinajstić information content (AvgIpc) is 2.17. The fourth-order valence-electron chi connectivity index (χ4n) is 1.51. The largest absolute Gasteiger partial charge is 0.378 e. The molecule has 1 fully saturated rings. The van der Waals surface area contributed by atoms with Gasteiger partial charge in [-0.2, -0.15) is 0 Å². The number of hydrogen-bond donors (Lipinski definition) is 0. The number of morpholine rings is 1. The summed E-state index contributed by atoms with van der Waals surface area (Å²) in [6, 6.07) is 0. The SMILES string of the molecule is CC(CC(=O)N1CCOCC1)C(C)(C)C. The van der Waals surface area contributed by atoms with Crippen molar-refractivity contribution in [1.82, 2.24) is 4.90 Å². The molecule has 0 N–H and O–H groups in total.